The van der Waals surface area contributed by atoms with Crippen LogP contribution in [0.3, 0.4) is 0 Å². The van der Waals surface area contributed by atoms with Gasteiger partial charge in [-0.15, -0.1) is 0 Å². The molecule has 3 rings (SSSR count). The van der Waals surface area contributed by atoms with Crippen molar-refractivity contribution in [2.45, 2.75) is 43.6 Å². The van der Waals surface area contributed by atoms with E-state index in [1.54, 1.807) is 0 Å². The van der Waals surface area contributed by atoms with Gasteiger partial charge in [-0.25, -0.2) is 0 Å². The van der Waals surface area contributed by atoms with Gasteiger partial charge in [0.1, 0.15) is 0 Å². The summed E-state index contributed by atoms with van der Waals surface area (Å²) in [6.07, 6.45) is 5.29. The lowest BCUT2D eigenvalue weighted by atomic mass is 9.69. The van der Waals surface area contributed by atoms with E-state index in [-0.39, 0.29) is 0 Å². The standard InChI is InChI=1S/C19H26ClN3/c1-22-11-4-12-23(14-13-22)16-7-9-19(15-21,10-8-16)17-5-2-3-6-18(17)20/h2-3,5-6,16H,4,7-14H2,1H3. The van der Waals surface area contributed by atoms with E-state index in [0.717, 1.165) is 49.4 Å². The van der Waals surface area contributed by atoms with Crippen LogP contribution in [0.15, 0.2) is 24.3 Å². The van der Waals surface area contributed by atoms with Crippen molar-refractivity contribution in [2.75, 3.05) is 33.2 Å². The predicted molar refractivity (Wildman–Crippen MR) is 94.7 cm³/mol. The minimum atomic E-state index is -0.391. The molecule has 1 aliphatic heterocycles. The summed E-state index contributed by atoms with van der Waals surface area (Å²) in [6.45, 7) is 4.71. The fourth-order valence-electron chi connectivity index (χ4n) is 4.18. The molecule has 1 heterocycles. The van der Waals surface area contributed by atoms with Crippen LogP contribution in [0, 0.1) is 11.3 Å². The van der Waals surface area contributed by atoms with Crippen molar-refractivity contribution in [1.29, 1.82) is 5.26 Å². The highest BCUT2D eigenvalue weighted by atomic mass is 35.5. The van der Waals surface area contributed by atoms with E-state index in [1.165, 1.54) is 19.5 Å². The highest BCUT2D eigenvalue weighted by Crippen LogP contribution is 2.43. The Hall–Kier alpha value is -1.08. The third-order valence-corrected chi connectivity index (χ3v) is 6.01. The molecule has 0 N–H and O–H groups in total. The number of nitriles is 1. The number of likely N-dealkylation sites (N-methyl/N-ethyl adjacent to an activating group) is 1. The van der Waals surface area contributed by atoms with Gasteiger partial charge in [0.25, 0.3) is 0 Å². The van der Waals surface area contributed by atoms with Crippen molar-refractivity contribution < 1.29 is 0 Å². The molecule has 2 fully saturated rings. The Morgan fingerprint density at radius 2 is 1.87 bits per heavy atom. The average molecular weight is 332 g/mol. The molecule has 0 aromatic heterocycles. The second kappa shape index (κ2) is 7.21. The molecule has 1 saturated heterocycles. The first kappa shape index (κ1) is 16.8. The van der Waals surface area contributed by atoms with Gasteiger partial charge in [0.15, 0.2) is 0 Å². The summed E-state index contributed by atoms with van der Waals surface area (Å²) in [7, 11) is 2.21. The minimum absolute atomic E-state index is 0.391. The summed E-state index contributed by atoms with van der Waals surface area (Å²) >= 11 is 6.38. The molecule has 0 amide bonds. The maximum absolute atomic E-state index is 9.87. The van der Waals surface area contributed by atoms with Gasteiger partial charge >= 0.3 is 0 Å². The molecule has 0 spiro atoms. The largest absolute Gasteiger partial charge is 0.305 e. The van der Waals surface area contributed by atoms with Gasteiger partial charge in [0.05, 0.1) is 11.5 Å². The zero-order chi connectivity index (χ0) is 16.3. The summed E-state index contributed by atoms with van der Waals surface area (Å²) in [5.74, 6) is 0. The van der Waals surface area contributed by atoms with E-state index in [4.69, 9.17) is 11.6 Å². The molecular formula is C19H26ClN3. The molecule has 23 heavy (non-hydrogen) atoms. The fraction of sp³-hybridized carbons (Fsp3) is 0.632. The Morgan fingerprint density at radius 3 is 2.57 bits per heavy atom. The van der Waals surface area contributed by atoms with Crippen LogP contribution in [0.1, 0.15) is 37.7 Å². The number of hydrogen-bond donors (Lipinski definition) is 0. The van der Waals surface area contributed by atoms with Crippen LogP contribution >= 0.6 is 11.6 Å². The Bertz CT molecular complexity index is 572. The Balaban J connectivity index is 1.69. The molecule has 0 bridgehead atoms. The van der Waals surface area contributed by atoms with Gasteiger partial charge in [-0.05, 0) is 63.9 Å². The van der Waals surface area contributed by atoms with Crippen LogP contribution in [0.25, 0.3) is 0 Å². The lowest BCUT2D eigenvalue weighted by molar-refractivity contribution is 0.141. The number of halogens is 1. The molecule has 2 aliphatic rings. The third kappa shape index (κ3) is 3.55. The topological polar surface area (TPSA) is 30.3 Å². The minimum Gasteiger partial charge on any atom is -0.305 e. The normalized spacial score (nSPS) is 30.6. The summed E-state index contributed by atoms with van der Waals surface area (Å²) < 4.78 is 0. The molecule has 0 radical (unpaired) electrons. The van der Waals surface area contributed by atoms with Gasteiger partial charge in [0.2, 0.25) is 0 Å². The number of nitrogens with zero attached hydrogens (tertiary/aromatic N) is 3. The first-order valence-corrected chi connectivity index (χ1v) is 9.11. The first-order valence-electron chi connectivity index (χ1n) is 8.73. The SMILES string of the molecule is CN1CCCN(C2CCC(C#N)(c3ccccc3Cl)CC2)CC1. The number of hydrogen-bond acceptors (Lipinski definition) is 3. The van der Waals surface area contributed by atoms with Crippen molar-refractivity contribution in [3.63, 3.8) is 0 Å². The molecule has 1 aromatic rings. The lowest BCUT2D eigenvalue weighted by Gasteiger charge is -2.40. The Morgan fingerprint density at radius 1 is 1.13 bits per heavy atom. The second-order valence-corrected chi connectivity index (χ2v) is 7.50. The van der Waals surface area contributed by atoms with Gasteiger partial charge < -0.3 is 4.90 Å². The van der Waals surface area contributed by atoms with Crippen LogP contribution < -0.4 is 0 Å². The molecule has 1 saturated carbocycles. The Labute approximate surface area is 144 Å². The molecule has 3 nitrogen and oxygen atoms in total. The highest BCUT2D eigenvalue weighted by molar-refractivity contribution is 6.31. The lowest BCUT2D eigenvalue weighted by Crippen LogP contribution is -2.43. The van der Waals surface area contributed by atoms with Crippen LogP contribution in [-0.2, 0) is 5.41 Å². The average Bonchev–Trinajstić information content (AvgIpc) is 2.80. The zero-order valence-electron chi connectivity index (χ0n) is 14.0. The summed E-state index contributed by atoms with van der Waals surface area (Å²) in [6, 6.07) is 11.1. The predicted octanol–water partition coefficient (Wildman–Crippen LogP) is 3.68. The van der Waals surface area contributed by atoms with E-state index in [1.807, 2.05) is 24.3 Å². The zero-order valence-corrected chi connectivity index (χ0v) is 14.7. The monoisotopic (exact) mass is 331 g/mol. The third-order valence-electron chi connectivity index (χ3n) is 5.68. The van der Waals surface area contributed by atoms with Crippen molar-refractivity contribution in [3.05, 3.63) is 34.9 Å². The molecule has 124 valence electrons. The Kier molecular flexibility index (Phi) is 5.26. The van der Waals surface area contributed by atoms with Gasteiger partial charge in [0, 0.05) is 24.2 Å². The van der Waals surface area contributed by atoms with Crippen molar-refractivity contribution in [3.8, 4) is 6.07 Å². The summed E-state index contributed by atoms with van der Waals surface area (Å²) in [5.41, 5.74) is 0.635. The molecular weight excluding hydrogens is 306 g/mol. The van der Waals surface area contributed by atoms with E-state index in [2.05, 4.69) is 22.9 Å². The van der Waals surface area contributed by atoms with Gasteiger partial charge in [-0.3, -0.25) is 4.90 Å². The summed E-state index contributed by atoms with van der Waals surface area (Å²) in [5, 5.41) is 10.6. The van der Waals surface area contributed by atoms with E-state index in [0.29, 0.717) is 6.04 Å². The quantitative estimate of drug-likeness (QED) is 0.828. The van der Waals surface area contributed by atoms with Crippen LogP contribution in [-0.4, -0.2) is 49.1 Å². The number of rotatable bonds is 2. The highest BCUT2D eigenvalue weighted by Gasteiger charge is 2.39. The maximum Gasteiger partial charge on any atom is 0.0837 e. The van der Waals surface area contributed by atoms with E-state index in [9.17, 15) is 5.26 Å². The van der Waals surface area contributed by atoms with E-state index >= 15 is 0 Å². The second-order valence-electron chi connectivity index (χ2n) is 7.10. The van der Waals surface area contributed by atoms with Crippen LogP contribution in [0.5, 0.6) is 0 Å². The number of benzene rings is 1. The van der Waals surface area contributed by atoms with Gasteiger partial charge in [-0.2, -0.15) is 5.26 Å². The smallest absolute Gasteiger partial charge is 0.0837 e. The van der Waals surface area contributed by atoms with Crippen molar-refractivity contribution in [1.82, 2.24) is 9.80 Å². The maximum atomic E-state index is 9.87. The molecule has 1 aliphatic carbocycles. The molecule has 0 unspecified atom stereocenters. The summed E-state index contributed by atoms with van der Waals surface area (Å²) in [4.78, 5) is 5.07. The first-order chi connectivity index (χ1) is 11.1. The fourth-order valence-corrected chi connectivity index (χ4v) is 4.50. The van der Waals surface area contributed by atoms with E-state index < -0.39 is 5.41 Å². The molecule has 4 heteroatoms. The van der Waals surface area contributed by atoms with Crippen LogP contribution in [0.2, 0.25) is 5.02 Å². The van der Waals surface area contributed by atoms with Crippen LogP contribution in [0.4, 0.5) is 0 Å². The van der Waals surface area contributed by atoms with Gasteiger partial charge in [-0.1, -0.05) is 29.8 Å². The molecule has 0 atom stereocenters. The molecule has 1 aromatic carbocycles. The van der Waals surface area contributed by atoms with Crippen molar-refractivity contribution in [2.24, 2.45) is 0 Å². The van der Waals surface area contributed by atoms with Crippen molar-refractivity contribution >= 4 is 11.6 Å².